The van der Waals surface area contributed by atoms with Gasteiger partial charge >= 0.3 is 0 Å². The van der Waals surface area contributed by atoms with E-state index in [2.05, 4.69) is 15.7 Å². The first kappa shape index (κ1) is 15.6. The van der Waals surface area contributed by atoms with Crippen LogP contribution in [0.5, 0.6) is 0 Å². The summed E-state index contributed by atoms with van der Waals surface area (Å²) in [5.74, 6) is 0.528. The van der Waals surface area contributed by atoms with Crippen LogP contribution in [0.25, 0.3) is 0 Å². The van der Waals surface area contributed by atoms with Gasteiger partial charge in [-0.1, -0.05) is 6.92 Å². The maximum atomic E-state index is 11.4. The summed E-state index contributed by atoms with van der Waals surface area (Å²) in [7, 11) is -0.919. The van der Waals surface area contributed by atoms with Crippen molar-refractivity contribution >= 4 is 21.2 Å². The normalized spacial score (nSPS) is 13.7. The molecule has 104 valence electrons. The van der Waals surface area contributed by atoms with Crippen LogP contribution in [-0.4, -0.2) is 38.0 Å². The molecule has 0 saturated heterocycles. The Morgan fingerprint density at radius 2 is 2.22 bits per heavy atom. The van der Waals surface area contributed by atoms with E-state index in [1.54, 1.807) is 18.3 Å². The number of nitrogens with zero attached hydrogens (tertiary/aromatic N) is 1. The largest absolute Gasteiger partial charge is 0.317 e. The van der Waals surface area contributed by atoms with Crippen LogP contribution in [0.1, 0.15) is 30.5 Å². The Morgan fingerprint density at radius 1 is 1.50 bits per heavy atom. The second kappa shape index (κ2) is 7.21. The quantitative estimate of drug-likeness (QED) is 0.793. The van der Waals surface area contributed by atoms with E-state index >= 15 is 0 Å². The van der Waals surface area contributed by atoms with Gasteiger partial charge in [0.05, 0.1) is 16.5 Å². The molecule has 0 aliphatic heterocycles. The van der Waals surface area contributed by atoms with E-state index in [4.69, 9.17) is 0 Å². The van der Waals surface area contributed by atoms with Crippen LogP contribution in [0.4, 0.5) is 0 Å². The molecular formula is C12H22N2O2S2. The van der Waals surface area contributed by atoms with Crippen molar-refractivity contribution in [1.82, 2.24) is 10.3 Å². The Labute approximate surface area is 114 Å². The zero-order valence-corrected chi connectivity index (χ0v) is 12.9. The smallest absolute Gasteiger partial charge is 0.150 e. The van der Waals surface area contributed by atoms with Crippen molar-refractivity contribution in [3.8, 4) is 0 Å². The first-order chi connectivity index (χ1) is 8.46. The zero-order chi connectivity index (χ0) is 13.6. The minimum atomic E-state index is -2.83. The van der Waals surface area contributed by atoms with Gasteiger partial charge in [-0.25, -0.2) is 13.4 Å². The molecule has 0 saturated carbocycles. The second-order valence-electron chi connectivity index (χ2n) is 4.43. The molecule has 0 spiro atoms. The third kappa shape index (κ3) is 5.46. The van der Waals surface area contributed by atoms with E-state index < -0.39 is 9.84 Å². The number of hydrogen-bond acceptors (Lipinski definition) is 5. The molecule has 0 aliphatic rings. The molecule has 1 atom stereocenters. The average Bonchev–Trinajstić information content (AvgIpc) is 2.73. The highest BCUT2D eigenvalue weighted by Crippen LogP contribution is 2.12. The number of thiazole rings is 1. The van der Waals surface area contributed by atoms with Gasteiger partial charge in [0, 0.05) is 23.6 Å². The Balaban J connectivity index is 2.39. The second-order valence-corrected chi connectivity index (χ2v) is 7.96. The van der Waals surface area contributed by atoms with Crippen molar-refractivity contribution in [2.75, 3.05) is 18.6 Å². The van der Waals surface area contributed by atoms with Crippen LogP contribution in [-0.2, 0) is 16.3 Å². The predicted octanol–water partition coefficient (Wildman–Crippen LogP) is 1.80. The number of aryl methyl sites for hydroxylation is 1. The van der Waals surface area contributed by atoms with E-state index in [0.29, 0.717) is 12.5 Å². The number of nitrogens with one attached hydrogen (secondary N) is 1. The van der Waals surface area contributed by atoms with Crippen molar-refractivity contribution in [2.45, 2.75) is 39.2 Å². The number of likely N-dealkylation sites (N-methyl/N-ethyl adjacent to an activating group) is 1. The third-order valence-corrected chi connectivity index (χ3v) is 5.59. The molecule has 1 rings (SSSR count). The van der Waals surface area contributed by atoms with Crippen LogP contribution in [0, 0.1) is 6.92 Å². The standard InChI is InChI=1S/C12H22N2O2S2/c1-4-18(15,16)7-5-6-11(13-3)8-12-9-17-10(2)14-12/h9,11,13H,4-8H2,1-3H3. The van der Waals surface area contributed by atoms with Gasteiger partial charge in [0.2, 0.25) is 0 Å². The summed E-state index contributed by atoms with van der Waals surface area (Å²) in [6.45, 7) is 3.69. The highest BCUT2D eigenvalue weighted by Gasteiger charge is 2.12. The van der Waals surface area contributed by atoms with Gasteiger partial charge in [0.1, 0.15) is 9.84 Å². The number of rotatable bonds is 8. The van der Waals surface area contributed by atoms with Crippen LogP contribution < -0.4 is 5.32 Å². The summed E-state index contributed by atoms with van der Waals surface area (Å²) in [5, 5.41) is 6.38. The Hall–Kier alpha value is -0.460. The highest BCUT2D eigenvalue weighted by atomic mass is 32.2. The predicted molar refractivity (Wildman–Crippen MR) is 77.0 cm³/mol. The molecule has 4 nitrogen and oxygen atoms in total. The minimum absolute atomic E-state index is 0.239. The van der Waals surface area contributed by atoms with Crippen molar-refractivity contribution in [3.05, 3.63) is 16.1 Å². The molecule has 0 fully saturated rings. The van der Waals surface area contributed by atoms with E-state index in [9.17, 15) is 8.42 Å². The van der Waals surface area contributed by atoms with Gasteiger partial charge < -0.3 is 5.32 Å². The number of aromatic nitrogens is 1. The molecular weight excluding hydrogens is 268 g/mol. The molecule has 1 unspecified atom stereocenters. The minimum Gasteiger partial charge on any atom is -0.317 e. The molecule has 1 N–H and O–H groups in total. The fraction of sp³-hybridized carbons (Fsp3) is 0.750. The number of hydrogen-bond donors (Lipinski definition) is 1. The first-order valence-corrected chi connectivity index (χ1v) is 8.95. The lowest BCUT2D eigenvalue weighted by Crippen LogP contribution is -2.28. The summed E-state index contributed by atoms with van der Waals surface area (Å²) in [6.07, 6.45) is 2.45. The van der Waals surface area contributed by atoms with Crippen LogP contribution in [0.15, 0.2) is 5.38 Å². The molecule has 1 aromatic heterocycles. The summed E-state index contributed by atoms with van der Waals surface area (Å²) in [5.41, 5.74) is 1.09. The molecule has 6 heteroatoms. The molecule has 0 amide bonds. The third-order valence-electron chi connectivity index (χ3n) is 2.98. The van der Waals surface area contributed by atoms with E-state index in [1.165, 1.54) is 0 Å². The van der Waals surface area contributed by atoms with Crippen molar-refractivity contribution in [2.24, 2.45) is 0 Å². The lowest BCUT2D eigenvalue weighted by molar-refractivity contribution is 0.507. The van der Waals surface area contributed by atoms with Crippen molar-refractivity contribution < 1.29 is 8.42 Å². The van der Waals surface area contributed by atoms with E-state index in [1.807, 2.05) is 14.0 Å². The molecule has 0 aromatic carbocycles. The maximum Gasteiger partial charge on any atom is 0.150 e. The van der Waals surface area contributed by atoms with E-state index in [-0.39, 0.29) is 11.5 Å². The fourth-order valence-electron chi connectivity index (χ4n) is 1.80. The molecule has 0 bridgehead atoms. The number of sulfone groups is 1. The molecule has 18 heavy (non-hydrogen) atoms. The van der Waals surface area contributed by atoms with Crippen LogP contribution in [0.3, 0.4) is 0 Å². The van der Waals surface area contributed by atoms with Gasteiger partial charge in [-0.05, 0) is 26.8 Å². The fourth-order valence-corrected chi connectivity index (χ4v) is 3.32. The Bertz CT molecular complexity index is 454. The summed E-state index contributed by atoms with van der Waals surface area (Å²) < 4.78 is 22.8. The van der Waals surface area contributed by atoms with Crippen LogP contribution >= 0.6 is 11.3 Å². The van der Waals surface area contributed by atoms with E-state index in [0.717, 1.165) is 23.5 Å². The summed E-state index contributed by atoms with van der Waals surface area (Å²) >= 11 is 1.65. The van der Waals surface area contributed by atoms with Gasteiger partial charge in [-0.15, -0.1) is 11.3 Å². The first-order valence-electron chi connectivity index (χ1n) is 6.25. The SMILES string of the molecule is CCS(=O)(=O)CCCC(Cc1csc(C)n1)NC. The molecule has 1 heterocycles. The van der Waals surface area contributed by atoms with Crippen molar-refractivity contribution in [1.29, 1.82) is 0 Å². The lowest BCUT2D eigenvalue weighted by Gasteiger charge is -2.14. The monoisotopic (exact) mass is 290 g/mol. The molecule has 1 aromatic rings. The Kier molecular flexibility index (Phi) is 6.25. The highest BCUT2D eigenvalue weighted by molar-refractivity contribution is 7.91. The summed E-state index contributed by atoms with van der Waals surface area (Å²) in [4.78, 5) is 4.43. The maximum absolute atomic E-state index is 11.4. The topological polar surface area (TPSA) is 59.1 Å². The zero-order valence-electron chi connectivity index (χ0n) is 11.3. The van der Waals surface area contributed by atoms with Gasteiger partial charge in [-0.2, -0.15) is 0 Å². The summed E-state index contributed by atoms with van der Waals surface area (Å²) in [6, 6.07) is 0.304. The average molecular weight is 290 g/mol. The van der Waals surface area contributed by atoms with Crippen molar-refractivity contribution in [3.63, 3.8) is 0 Å². The molecule has 0 radical (unpaired) electrons. The van der Waals surface area contributed by atoms with Crippen LogP contribution in [0.2, 0.25) is 0 Å². The Morgan fingerprint density at radius 3 is 2.72 bits per heavy atom. The van der Waals surface area contributed by atoms with Gasteiger partial charge in [0.15, 0.2) is 0 Å². The lowest BCUT2D eigenvalue weighted by atomic mass is 10.1. The van der Waals surface area contributed by atoms with Gasteiger partial charge in [-0.3, -0.25) is 0 Å². The molecule has 0 aliphatic carbocycles. The van der Waals surface area contributed by atoms with Gasteiger partial charge in [0.25, 0.3) is 0 Å².